The first-order valence-corrected chi connectivity index (χ1v) is 7.62. The second-order valence-electron chi connectivity index (χ2n) is 4.67. The van der Waals surface area contributed by atoms with Crippen molar-refractivity contribution in [2.24, 2.45) is 0 Å². The normalized spacial score (nSPS) is 10.8. The van der Waals surface area contributed by atoms with E-state index in [0.717, 1.165) is 26.4 Å². The Morgan fingerprint density at radius 3 is 2.53 bits per heavy atom. The summed E-state index contributed by atoms with van der Waals surface area (Å²) < 4.78 is 1.83. The van der Waals surface area contributed by atoms with E-state index in [9.17, 15) is 0 Å². The molecule has 0 aliphatic heterocycles. The predicted molar refractivity (Wildman–Crippen MR) is 86.0 cm³/mol. The molecule has 0 fully saturated rings. The van der Waals surface area contributed by atoms with Crippen molar-refractivity contribution in [3.8, 4) is 0 Å². The Hall–Kier alpha value is -0.940. The second-order valence-corrected chi connectivity index (χ2v) is 6.40. The number of aromatic nitrogens is 2. The SMILES string of the molecule is Cc1ccc(Br)cc1Nc1cc(Br)nc(C(C)C)n1. The molecule has 0 atom stereocenters. The summed E-state index contributed by atoms with van der Waals surface area (Å²) >= 11 is 6.91. The Kier molecular flexibility index (Phi) is 4.58. The van der Waals surface area contributed by atoms with Gasteiger partial charge in [0.05, 0.1) is 0 Å². The molecule has 0 aliphatic rings. The maximum atomic E-state index is 4.53. The van der Waals surface area contributed by atoms with Gasteiger partial charge in [-0.05, 0) is 40.5 Å². The van der Waals surface area contributed by atoms with Gasteiger partial charge in [-0.2, -0.15) is 0 Å². The summed E-state index contributed by atoms with van der Waals surface area (Å²) in [6.45, 7) is 6.22. The standard InChI is InChI=1S/C14H15Br2N3/c1-8(2)14-18-12(16)7-13(19-14)17-11-6-10(15)5-4-9(11)3/h4-8H,1-3H3,(H,17,18,19). The van der Waals surface area contributed by atoms with Gasteiger partial charge in [0, 0.05) is 22.1 Å². The van der Waals surface area contributed by atoms with Gasteiger partial charge in [0.2, 0.25) is 0 Å². The predicted octanol–water partition coefficient (Wildman–Crippen LogP) is 5.18. The number of hydrogen-bond donors (Lipinski definition) is 1. The van der Waals surface area contributed by atoms with E-state index in [2.05, 4.69) is 74.0 Å². The number of aryl methyl sites for hydroxylation is 1. The highest BCUT2D eigenvalue weighted by Gasteiger charge is 2.08. The molecule has 0 amide bonds. The Morgan fingerprint density at radius 1 is 1.11 bits per heavy atom. The average molecular weight is 385 g/mol. The lowest BCUT2D eigenvalue weighted by Gasteiger charge is -2.12. The van der Waals surface area contributed by atoms with Crippen molar-refractivity contribution in [2.75, 3.05) is 5.32 Å². The third-order valence-electron chi connectivity index (χ3n) is 2.69. The fourth-order valence-corrected chi connectivity index (χ4v) is 2.38. The van der Waals surface area contributed by atoms with Gasteiger partial charge in [-0.25, -0.2) is 9.97 Å². The van der Waals surface area contributed by atoms with Crippen molar-refractivity contribution in [1.82, 2.24) is 9.97 Å². The summed E-state index contributed by atoms with van der Waals surface area (Å²) in [6, 6.07) is 8.01. The van der Waals surface area contributed by atoms with E-state index in [1.807, 2.05) is 18.2 Å². The first-order valence-electron chi connectivity index (χ1n) is 6.03. The van der Waals surface area contributed by atoms with Crippen LogP contribution >= 0.6 is 31.9 Å². The lowest BCUT2D eigenvalue weighted by atomic mass is 10.2. The molecule has 2 aromatic rings. The Bertz CT molecular complexity index is 597. The van der Waals surface area contributed by atoms with Crippen molar-refractivity contribution in [3.05, 3.63) is 44.7 Å². The summed E-state index contributed by atoms with van der Waals surface area (Å²) in [6.07, 6.45) is 0. The molecule has 0 radical (unpaired) electrons. The highest BCUT2D eigenvalue weighted by molar-refractivity contribution is 9.10. The van der Waals surface area contributed by atoms with E-state index in [1.165, 1.54) is 5.56 Å². The van der Waals surface area contributed by atoms with Crippen LogP contribution < -0.4 is 5.32 Å². The van der Waals surface area contributed by atoms with Crippen molar-refractivity contribution in [2.45, 2.75) is 26.7 Å². The number of rotatable bonds is 3. The molecule has 1 N–H and O–H groups in total. The van der Waals surface area contributed by atoms with Crippen molar-refractivity contribution < 1.29 is 0 Å². The fourth-order valence-electron chi connectivity index (χ4n) is 1.62. The molecule has 1 aromatic carbocycles. The number of anilines is 2. The monoisotopic (exact) mass is 383 g/mol. The maximum Gasteiger partial charge on any atom is 0.135 e. The van der Waals surface area contributed by atoms with Crippen LogP contribution in [0.4, 0.5) is 11.5 Å². The third kappa shape index (κ3) is 3.76. The van der Waals surface area contributed by atoms with E-state index in [4.69, 9.17) is 0 Å². The minimum absolute atomic E-state index is 0.293. The molecule has 100 valence electrons. The number of nitrogens with zero attached hydrogens (tertiary/aromatic N) is 2. The highest BCUT2D eigenvalue weighted by Crippen LogP contribution is 2.25. The summed E-state index contributed by atoms with van der Waals surface area (Å²) in [5.74, 6) is 1.91. The lowest BCUT2D eigenvalue weighted by molar-refractivity contribution is 0.771. The van der Waals surface area contributed by atoms with Gasteiger partial charge in [0.25, 0.3) is 0 Å². The Labute approximate surface area is 130 Å². The zero-order valence-corrected chi connectivity index (χ0v) is 14.2. The average Bonchev–Trinajstić information content (AvgIpc) is 2.33. The molecule has 1 aromatic heterocycles. The summed E-state index contributed by atoms with van der Waals surface area (Å²) in [7, 11) is 0. The van der Waals surface area contributed by atoms with Crippen LogP contribution in [0.25, 0.3) is 0 Å². The van der Waals surface area contributed by atoms with E-state index < -0.39 is 0 Å². The molecule has 0 spiro atoms. The zero-order valence-electron chi connectivity index (χ0n) is 11.0. The molecule has 0 aliphatic carbocycles. The minimum Gasteiger partial charge on any atom is -0.340 e. The molecule has 3 nitrogen and oxygen atoms in total. The highest BCUT2D eigenvalue weighted by atomic mass is 79.9. The topological polar surface area (TPSA) is 37.8 Å². The molecule has 5 heteroatoms. The van der Waals surface area contributed by atoms with Gasteiger partial charge in [-0.1, -0.05) is 35.8 Å². The Balaban J connectivity index is 2.35. The van der Waals surface area contributed by atoms with Crippen LogP contribution in [-0.4, -0.2) is 9.97 Å². The van der Waals surface area contributed by atoms with Crippen LogP contribution in [-0.2, 0) is 0 Å². The van der Waals surface area contributed by atoms with Gasteiger partial charge in [-0.15, -0.1) is 0 Å². The zero-order chi connectivity index (χ0) is 14.0. The van der Waals surface area contributed by atoms with Crippen LogP contribution in [0, 0.1) is 6.92 Å². The molecular weight excluding hydrogens is 370 g/mol. The molecule has 0 saturated carbocycles. The van der Waals surface area contributed by atoms with Crippen LogP contribution in [0.3, 0.4) is 0 Å². The van der Waals surface area contributed by atoms with Gasteiger partial charge in [0.15, 0.2) is 0 Å². The molecule has 2 rings (SSSR count). The summed E-state index contributed by atoms with van der Waals surface area (Å²) in [4.78, 5) is 8.90. The molecule has 0 unspecified atom stereocenters. The minimum atomic E-state index is 0.293. The van der Waals surface area contributed by atoms with E-state index in [0.29, 0.717) is 5.92 Å². The van der Waals surface area contributed by atoms with Gasteiger partial charge < -0.3 is 5.32 Å². The molecule has 0 saturated heterocycles. The van der Waals surface area contributed by atoms with Crippen molar-refractivity contribution >= 4 is 43.4 Å². The quantitative estimate of drug-likeness (QED) is 0.741. The summed E-state index contributed by atoms with van der Waals surface area (Å²) in [5, 5.41) is 3.34. The van der Waals surface area contributed by atoms with Gasteiger partial charge in [0.1, 0.15) is 16.2 Å². The largest absolute Gasteiger partial charge is 0.340 e. The van der Waals surface area contributed by atoms with Gasteiger partial charge >= 0.3 is 0 Å². The van der Waals surface area contributed by atoms with Crippen LogP contribution in [0.15, 0.2) is 33.3 Å². The summed E-state index contributed by atoms with van der Waals surface area (Å²) in [5.41, 5.74) is 2.21. The first-order chi connectivity index (χ1) is 8.95. The Morgan fingerprint density at radius 2 is 1.84 bits per heavy atom. The fraction of sp³-hybridized carbons (Fsp3) is 0.286. The first kappa shape index (κ1) is 14.5. The van der Waals surface area contributed by atoms with E-state index >= 15 is 0 Å². The molecule has 0 bridgehead atoms. The lowest BCUT2D eigenvalue weighted by Crippen LogP contribution is -2.03. The third-order valence-corrected chi connectivity index (χ3v) is 3.59. The van der Waals surface area contributed by atoms with E-state index in [-0.39, 0.29) is 0 Å². The van der Waals surface area contributed by atoms with Crippen molar-refractivity contribution in [1.29, 1.82) is 0 Å². The number of halogens is 2. The number of hydrogen-bond acceptors (Lipinski definition) is 3. The van der Waals surface area contributed by atoms with Crippen molar-refractivity contribution in [3.63, 3.8) is 0 Å². The van der Waals surface area contributed by atoms with Crippen LogP contribution in [0.5, 0.6) is 0 Å². The number of nitrogens with one attached hydrogen (secondary N) is 1. The molecule has 19 heavy (non-hydrogen) atoms. The molecule has 1 heterocycles. The van der Waals surface area contributed by atoms with Crippen LogP contribution in [0.2, 0.25) is 0 Å². The smallest absolute Gasteiger partial charge is 0.135 e. The van der Waals surface area contributed by atoms with Crippen LogP contribution in [0.1, 0.15) is 31.2 Å². The molecular formula is C14H15Br2N3. The second kappa shape index (κ2) is 6.01. The van der Waals surface area contributed by atoms with E-state index in [1.54, 1.807) is 0 Å². The maximum absolute atomic E-state index is 4.53. The number of benzene rings is 1. The van der Waals surface area contributed by atoms with Gasteiger partial charge in [-0.3, -0.25) is 0 Å².